The maximum absolute atomic E-state index is 2.36. The van der Waals surface area contributed by atoms with Gasteiger partial charge in [-0.05, 0) is 72.2 Å². The van der Waals surface area contributed by atoms with Gasteiger partial charge in [-0.1, -0.05) is 142 Å². The Labute approximate surface area is 220 Å². The molecule has 0 saturated heterocycles. The van der Waals surface area contributed by atoms with Crippen LogP contribution in [0, 0.1) is 0 Å². The van der Waals surface area contributed by atoms with Crippen LogP contribution >= 0.6 is 0 Å². The second kappa shape index (κ2) is 8.18. The Balaban J connectivity index is 1.59. The van der Waals surface area contributed by atoms with Crippen LogP contribution in [0.5, 0.6) is 0 Å². The molecule has 7 rings (SSSR count). The topological polar surface area (TPSA) is 0 Å². The number of allylic oxidation sites excluding steroid dienone is 1. The average molecular weight is 475 g/mol. The predicted octanol–water partition coefficient (Wildman–Crippen LogP) is 9.74. The number of benzene rings is 5. The van der Waals surface area contributed by atoms with Gasteiger partial charge < -0.3 is 0 Å². The fourth-order valence-corrected chi connectivity index (χ4v) is 6.38. The zero-order valence-electron chi connectivity index (χ0n) is 21.6. The van der Waals surface area contributed by atoms with E-state index in [4.69, 9.17) is 0 Å². The molecule has 5 aromatic carbocycles. The SMILES string of the molecule is CC(C)(C)c1ccc(C(=C2c3ccccc3-c3ccccc32)C2c3ccccc3-c3ccccc32)cc1. The molecular weight excluding hydrogens is 444 g/mol. The molecule has 0 saturated carbocycles. The highest BCUT2D eigenvalue weighted by Gasteiger charge is 2.36. The van der Waals surface area contributed by atoms with Gasteiger partial charge in [-0.15, -0.1) is 0 Å². The first kappa shape index (κ1) is 22.1. The molecule has 0 amide bonds. The lowest BCUT2D eigenvalue weighted by Gasteiger charge is -2.24. The van der Waals surface area contributed by atoms with Crippen LogP contribution < -0.4 is 0 Å². The Morgan fingerprint density at radius 2 is 0.865 bits per heavy atom. The van der Waals surface area contributed by atoms with Gasteiger partial charge in [-0.25, -0.2) is 0 Å². The van der Waals surface area contributed by atoms with E-state index in [-0.39, 0.29) is 11.3 Å². The van der Waals surface area contributed by atoms with Gasteiger partial charge in [0.05, 0.1) is 0 Å². The molecule has 0 radical (unpaired) electrons. The van der Waals surface area contributed by atoms with Crippen molar-refractivity contribution in [2.75, 3.05) is 0 Å². The number of rotatable bonds is 2. The first-order valence-corrected chi connectivity index (χ1v) is 13.2. The highest BCUT2D eigenvalue weighted by atomic mass is 14.4. The van der Waals surface area contributed by atoms with Crippen molar-refractivity contribution in [3.05, 3.63) is 155 Å². The predicted molar refractivity (Wildman–Crippen MR) is 157 cm³/mol. The zero-order chi connectivity index (χ0) is 25.1. The third-order valence-corrected chi connectivity index (χ3v) is 8.14. The Bertz CT molecular complexity index is 1600. The van der Waals surface area contributed by atoms with Crippen molar-refractivity contribution < 1.29 is 0 Å². The summed E-state index contributed by atoms with van der Waals surface area (Å²) < 4.78 is 0. The van der Waals surface area contributed by atoms with Crippen molar-refractivity contribution in [1.29, 1.82) is 0 Å². The van der Waals surface area contributed by atoms with Crippen LogP contribution in [0.25, 0.3) is 33.4 Å². The molecular formula is C37H30. The minimum Gasteiger partial charge on any atom is -0.0619 e. The van der Waals surface area contributed by atoms with Gasteiger partial charge in [-0.2, -0.15) is 0 Å². The third-order valence-electron chi connectivity index (χ3n) is 8.14. The third kappa shape index (κ3) is 3.36. The molecule has 2 aliphatic carbocycles. The summed E-state index contributed by atoms with van der Waals surface area (Å²) in [6.07, 6.45) is 0. The molecule has 0 fully saturated rings. The van der Waals surface area contributed by atoms with Crippen molar-refractivity contribution in [3.8, 4) is 22.3 Å². The molecule has 0 unspecified atom stereocenters. The number of hydrogen-bond acceptors (Lipinski definition) is 0. The molecule has 0 atom stereocenters. The van der Waals surface area contributed by atoms with Crippen LogP contribution in [0.4, 0.5) is 0 Å². The lowest BCUT2D eigenvalue weighted by Crippen LogP contribution is -2.11. The molecule has 0 bridgehead atoms. The lowest BCUT2D eigenvalue weighted by atomic mass is 9.78. The molecule has 0 heteroatoms. The van der Waals surface area contributed by atoms with E-state index in [1.807, 2.05) is 0 Å². The van der Waals surface area contributed by atoms with Gasteiger partial charge in [-0.3, -0.25) is 0 Å². The van der Waals surface area contributed by atoms with Crippen LogP contribution in [-0.4, -0.2) is 0 Å². The molecule has 0 aromatic heterocycles. The van der Waals surface area contributed by atoms with Crippen molar-refractivity contribution in [3.63, 3.8) is 0 Å². The zero-order valence-corrected chi connectivity index (χ0v) is 21.6. The summed E-state index contributed by atoms with van der Waals surface area (Å²) in [7, 11) is 0. The van der Waals surface area contributed by atoms with Gasteiger partial charge in [0.1, 0.15) is 0 Å². The highest BCUT2D eigenvalue weighted by Crippen LogP contribution is 2.56. The minimum absolute atomic E-state index is 0.116. The monoisotopic (exact) mass is 474 g/mol. The van der Waals surface area contributed by atoms with E-state index in [0.29, 0.717) is 0 Å². The molecule has 0 heterocycles. The molecule has 0 spiro atoms. The van der Waals surface area contributed by atoms with E-state index < -0.39 is 0 Å². The maximum atomic E-state index is 2.36. The van der Waals surface area contributed by atoms with E-state index in [2.05, 4.69) is 142 Å². The summed E-state index contributed by atoms with van der Waals surface area (Å²) in [5.41, 5.74) is 16.4. The summed E-state index contributed by atoms with van der Waals surface area (Å²) in [4.78, 5) is 0. The largest absolute Gasteiger partial charge is 0.0619 e. The minimum atomic E-state index is 0.116. The van der Waals surface area contributed by atoms with Gasteiger partial charge in [0, 0.05) is 5.92 Å². The normalized spacial score (nSPS) is 13.6. The van der Waals surface area contributed by atoms with E-state index in [9.17, 15) is 0 Å². The second-order valence-corrected chi connectivity index (χ2v) is 11.3. The van der Waals surface area contributed by atoms with Crippen molar-refractivity contribution >= 4 is 11.1 Å². The Kier molecular flexibility index (Phi) is 4.88. The quantitative estimate of drug-likeness (QED) is 0.234. The van der Waals surface area contributed by atoms with Gasteiger partial charge in [0.2, 0.25) is 0 Å². The highest BCUT2D eigenvalue weighted by molar-refractivity contribution is 6.12. The Hall–Kier alpha value is -4.16. The Morgan fingerprint density at radius 3 is 1.32 bits per heavy atom. The van der Waals surface area contributed by atoms with Gasteiger partial charge in [0.25, 0.3) is 0 Å². The molecule has 5 aromatic rings. The van der Waals surface area contributed by atoms with Gasteiger partial charge in [0.15, 0.2) is 0 Å². The van der Waals surface area contributed by atoms with Crippen LogP contribution in [-0.2, 0) is 5.41 Å². The van der Waals surface area contributed by atoms with Gasteiger partial charge >= 0.3 is 0 Å². The maximum Gasteiger partial charge on any atom is 0.0364 e. The smallest absolute Gasteiger partial charge is 0.0364 e. The summed E-state index contributed by atoms with van der Waals surface area (Å²) in [6, 6.07) is 45.2. The summed E-state index contributed by atoms with van der Waals surface area (Å²) in [6.45, 7) is 6.86. The van der Waals surface area contributed by atoms with Crippen LogP contribution in [0.1, 0.15) is 60.1 Å². The van der Waals surface area contributed by atoms with Crippen molar-refractivity contribution in [2.45, 2.75) is 32.1 Å². The van der Waals surface area contributed by atoms with Crippen molar-refractivity contribution in [2.24, 2.45) is 0 Å². The first-order valence-electron chi connectivity index (χ1n) is 13.2. The molecule has 0 nitrogen and oxygen atoms in total. The van der Waals surface area contributed by atoms with Crippen LogP contribution in [0.2, 0.25) is 0 Å². The van der Waals surface area contributed by atoms with E-state index in [1.54, 1.807) is 0 Å². The van der Waals surface area contributed by atoms with Crippen LogP contribution in [0.3, 0.4) is 0 Å². The standard InChI is InChI=1S/C37H30/c1-37(2,3)25-22-20-24(21-23-25)34(35-30-16-8-4-12-26(30)27-13-5-9-17-31(27)35)36-32-18-10-6-14-28(32)29-15-7-11-19-33(29)36/h4-23,35H,1-3H3. The number of hydrogen-bond donors (Lipinski definition) is 0. The number of fused-ring (bicyclic) bond motifs is 6. The molecule has 37 heavy (non-hydrogen) atoms. The van der Waals surface area contributed by atoms with Crippen molar-refractivity contribution in [1.82, 2.24) is 0 Å². The second-order valence-electron chi connectivity index (χ2n) is 11.3. The molecule has 0 aliphatic heterocycles. The average Bonchev–Trinajstić information content (AvgIpc) is 3.43. The van der Waals surface area contributed by atoms with Crippen LogP contribution in [0.15, 0.2) is 121 Å². The molecule has 178 valence electrons. The summed E-state index contributed by atoms with van der Waals surface area (Å²) in [5, 5.41) is 0. The summed E-state index contributed by atoms with van der Waals surface area (Å²) >= 11 is 0. The molecule has 0 N–H and O–H groups in total. The lowest BCUT2D eigenvalue weighted by molar-refractivity contribution is 0.590. The first-order chi connectivity index (χ1) is 18.0. The molecule has 2 aliphatic rings. The fraction of sp³-hybridized carbons (Fsp3) is 0.135. The Morgan fingerprint density at radius 1 is 0.459 bits per heavy atom. The van der Waals surface area contributed by atoms with E-state index in [0.717, 1.165) is 0 Å². The fourth-order valence-electron chi connectivity index (χ4n) is 6.38. The van der Waals surface area contributed by atoms with E-state index in [1.165, 1.54) is 66.8 Å². The van der Waals surface area contributed by atoms with E-state index >= 15 is 0 Å². The summed E-state index contributed by atoms with van der Waals surface area (Å²) in [5.74, 6) is 0.169.